The van der Waals surface area contributed by atoms with Gasteiger partial charge in [-0.1, -0.05) is 18.2 Å². The molecule has 0 bridgehead atoms. The summed E-state index contributed by atoms with van der Waals surface area (Å²) in [5, 5.41) is 1.66. The predicted molar refractivity (Wildman–Crippen MR) is 102 cm³/mol. The molecule has 2 aromatic carbocycles. The number of rotatable bonds is 5. The molecule has 2 heterocycles. The number of hydrogen-bond acceptors (Lipinski definition) is 6. The second-order valence-electron chi connectivity index (χ2n) is 6.69. The summed E-state index contributed by atoms with van der Waals surface area (Å²) in [6, 6.07) is 14.4. The molecule has 2 aromatic rings. The first kappa shape index (κ1) is 18.3. The quantitative estimate of drug-likeness (QED) is 0.741. The van der Waals surface area contributed by atoms with Gasteiger partial charge in [0.25, 0.3) is 5.91 Å². The largest absolute Gasteiger partial charge is 0.497 e. The highest BCUT2D eigenvalue weighted by atomic mass is 16.7. The van der Waals surface area contributed by atoms with E-state index < -0.39 is 18.1 Å². The number of carbonyl (C=O) groups is 2. The monoisotopic (exact) mass is 382 g/mol. The summed E-state index contributed by atoms with van der Waals surface area (Å²) in [5.41, 5.74) is 1.53. The third kappa shape index (κ3) is 2.70. The molecular formula is C21H22N2O5. The number of hydroxylamine groups is 1. The van der Waals surface area contributed by atoms with Crippen molar-refractivity contribution in [2.75, 3.05) is 25.8 Å². The number of nitrogens with zero attached hydrogens (tertiary/aromatic N) is 2. The van der Waals surface area contributed by atoms with Crippen molar-refractivity contribution in [3.8, 4) is 11.5 Å². The van der Waals surface area contributed by atoms with Gasteiger partial charge in [-0.05, 0) is 31.2 Å². The summed E-state index contributed by atoms with van der Waals surface area (Å²) >= 11 is 0. The highest BCUT2D eigenvalue weighted by Gasteiger charge is 2.60. The first-order valence-corrected chi connectivity index (χ1v) is 9.19. The van der Waals surface area contributed by atoms with Gasteiger partial charge in [0, 0.05) is 18.2 Å². The molecule has 7 nitrogen and oxygen atoms in total. The molecule has 146 valence electrons. The van der Waals surface area contributed by atoms with Crippen LogP contribution < -0.4 is 14.5 Å². The maximum atomic E-state index is 13.0. The van der Waals surface area contributed by atoms with Crippen molar-refractivity contribution in [2.24, 2.45) is 5.92 Å². The Morgan fingerprint density at radius 1 is 1.00 bits per heavy atom. The molecule has 0 aromatic heterocycles. The van der Waals surface area contributed by atoms with Gasteiger partial charge in [0.2, 0.25) is 5.91 Å². The minimum absolute atomic E-state index is 0.223. The molecule has 0 radical (unpaired) electrons. The van der Waals surface area contributed by atoms with Crippen LogP contribution in [0.5, 0.6) is 11.5 Å². The highest BCUT2D eigenvalue weighted by molar-refractivity contribution is 6.07. The average Bonchev–Trinajstić information content (AvgIpc) is 3.24. The number of para-hydroxylation sites is 1. The van der Waals surface area contributed by atoms with Gasteiger partial charge in [-0.15, -0.1) is 0 Å². The van der Waals surface area contributed by atoms with Crippen molar-refractivity contribution < 1.29 is 23.9 Å². The molecule has 2 saturated heterocycles. The standard InChI is InChI=1S/C21H22N2O5/c1-4-22-20(24)17-18(15-11-10-14(26-2)12-16(15)27-3)23(28-19(17)21(22)25)13-8-6-5-7-9-13/h5-12,17-19H,4H2,1-3H3. The van der Waals surface area contributed by atoms with Crippen LogP contribution in [-0.4, -0.2) is 43.6 Å². The minimum atomic E-state index is -0.843. The summed E-state index contributed by atoms with van der Waals surface area (Å²) in [7, 11) is 3.15. The van der Waals surface area contributed by atoms with Crippen LogP contribution in [0.2, 0.25) is 0 Å². The molecular weight excluding hydrogens is 360 g/mol. The van der Waals surface area contributed by atoms with E-state index in [-0.39, 0.29) is 11.8 Å². The molecule has 4 rings (SSSR count). The molecule has 28 heavy (non-hydrogen) atoms. The van der Waals surface area contributed by atoms with Crippen molar-refractivity contribution >= 4 is 17.5 Å². The Hall–Kier alpha value is -3.06. The highest BCUT2D eigenvalue weighted by Crippen LogP contribution is 2.49. The molecule has 2 amide bonds. The maximum Gasteiger partial charge on any atom is 0.261 e. The molecule has 3 atom stereocenters. The van der Waals surface area contributed by atoms with Gasteiger partial charge in [0.05, 0.1) is 25.9 Å². The van der Waals surface area contributed by atoms with Gasteiger partial charge in [-0.2, -0.15) is 0 Å². The van der Waals surface area contributed by atoms with E-state index in [2.05, 4.69) is 0 Å². The molecule has 2 fully saturated rings. The lowest BCUT2D eigenvalue weighted by Crippen LogP contribution is -2.37. The van der Waals surface area contributed by atoms with Gasteiger partial charge in [-0.25, -0.2) is 5.06 Å². The van der Waals surface area contributed by atoms with E-state index >= 15 is 0 Å². The van der Waals surface area contributed by atoms with Crippen LogP contribution in [0.3, 0.4) is 0 Å². The van der Waals surface area contributed by atoms with E-state index in [1.165, 1.54) is 4.90 Å². The fourth-order valence-corrected chi connectivity index (χ4v) is 3.96. The smallest absolute Gasteiger partial charge is 0.261 e. The van der Waals surface area contributed by atoms with Crippen LogP contribution in [0, 0.1) is 5.92 Å². The van der Waals surface area contributed by atoms with Gasteiger partial charge in [-0.3, -0.25) is 19.3 Å². The molecule has 0 aliphatic carbocycles. The normalized spacial score (nSPS) is 23.9. The molecule has 2 aliphatic rings. The van der Waals surface area contributed by atoms with Crippen molar-refractivity contribution in [3.05, 3.63) is 54.1 Å². The van der Waals surface area contributed by atoms with E-state index in [1.807, 2.05) is 42.5 Å². The van der Waals surface area contributed by atoms with Crippen LogP contribution >= 0.6 is 0 Å². The zero-order valence-corrected chi connectivity index (χ0v) is 16.0. The number of fused-ring (bicyclic) bond motifs is 1. The van der Waals surface area contributed by atoms with Crippen LogP contribution in [-0.2, 0) is 14.4 Å². The first-order chi connectivity index (χ1) is 13.6. The fourth-order valence-electron chi connectivity index (χ4n) is 3.96. The lowest BCUT2D eigenvalue weighted by molar-refractivity contribution is -0.142. The SMILES string of the molecule is CCN1C(=O)C2ON(c3ccccc3)C(c3ccc(OC)cc3OC)C2C1=O. The molecule has 3 unspecified atom stereocenters. The molecule has 2 aliphatic heterocycles. The summed E-state index contributed by atoms with van der Waals surface area (Å²) in [6.45, 7) is 2.11. The third-order valence-corrected chi connectivity index (χ3v) is 5.29. The number of imide groups is 1. The van der Waals surface area contributed by atoms with E-state index in [4.69, 9.17) is 14.3 Å². The predicted octanol–water partition coefficient (Wildman–Crippen LogP) is 2.57. The summed E-state index contributed by atoms with van der Waals surface area (Å²) in [4.78, 5) is 33.1. The molecule has 7 heteroatoms. The minimum Gasteiger partial charge on any atom is -0.497 e. The maximum absolute atomic E-state index is 13.0. The number of likely N-dealkylation sites (tertiary alicyclic amines) is 1. The van der Waals surface area contributed by atoms with Gasteiger partial charge in [0.15, 0.2) is 6.10 Å². The van der Waals surface area contributed by atoms with Gasteiger partial charge >= 0.3 is 0 Å². The Balaban J connectivity index is 1.84. The number of amides is 2. The van der Waals surface area contributed by atoms with Gasteiger partial charge in [0.1, 0.15) is 17.4 Å². The van der Waals surface area contributed by atoms with Crippen molar-refractivity contribution in [3.63, 3.8) is 0 Å². The second-order valence-corrected chi connectivity index (χ2v) is 6.69. The van der Waals surface area contributed by atoms with Crippen molar-refractivity contribution in [1.29, 1.82) is 0 Å². The van der Waals surface area contributed by atoms with E-state index in [9.17, 15) is 9.59 Å². The number of methoxy groups -OCH3 is 2. The molecule has 0 N–H and O–H groups in total. The van der Waals surface area contributed by atoms with E-state index in [1.54, 1.807) is 32.3 Å². The lowest BCUT2D eigenvalue weighted by atomic mass is 9.90. The Morgan fingerprint density at radius 3 is 2.39 bits per heavy atom. The second kappa shape index (κ2) is 7.16. The topological polar surface area (TPSA) is 68.3 Å². The lowest BCUT2D eigenvalue weighted by Gasteiger charge is -2.29. The van der Waals surface area contributed by atoms with E-state index in [0.717, 1.165) is 11.3 Å². The number of likely N-dealkylation sites (N-methyl/N-ethyl adjacent to an activating group) is 1. The Labute approximate surface area is 163 Å². The van der Waals surface area contributed by atoms with Crippen molar-refractivity contribution in [1.82, 2.24) is 4.90 Å². The van der Waals surface area contributed by atoms with Crippen LogP contribution in [0.15, 0.2) is 48.5 Å². The van der Waals surface area contributed by atoms with Crippen LogP contribution in [0.1, 0.15) is 18.5 Å². The molecule has 0 saturated carbocycles. The number of anilines is 1. The van der Waals surface area contributed by atoms with E-state index in [0.29, 0.717) is 18.0 Å². The number of hydrogen-bond donors (Lipinski definition) is 0. The Morgan fingerprint density at radius 2 is 1.75 bits per heavy atom. The Bertz CT molecular complexity index is 901. The average molecular weight is 382 g/mol. The number of benzene rings is 2. The van der Waals surface area contributed by atoms with Crippen LogP contribution in [0.4, 0.5) is 5.69 Å². The van der Waals surface area contributed by atoms with Crippen LogP contribution in [0.25, 0.3) is 0 Å². The Kier molecular flexibility index (Phi) is 4.68. The zero-order chi connectivity index (χ0) is 19.8. The molecule has 0 spiro atoms. The number of carbonyl (C=O) groups excluding carboxylic acids is 2. The summed E-state index contributed by atoms with van der Waals surface area (Å²) < 4.78 is 10.9. The first-order valence-electron chi connectivity index (χ1n) is 9.19. The third-order valence-electron chi connectivity index (χ3n) is 5.29. The fraction of sp³-hybridized carbons (Fsp3) is 0.333. The number of ether oxygens (including phenoxy) is 2. The summed E-state index contributed by atoms with van der Waals surface area (Å²) in [6.07, 6.45) is -0.843. The summed E-state index contributed by atoms with van der Waals surface area (Å²) in [5.74, 6) is 0.0539. The zero-order valence-electron chi connectivity index (χ0n) is 16.0. The van der Waals surface area contributed by atoms with Gasteiger partial charge < -0.3 is 9.47 Å². The van der Waals surface area contributed by atoms with Crippen molar-refractivity contribution in [2.45, 2.75) is 19.1 Å².